The van der Waals surface area contributed by atoms with Gasteiger partial charge in [0.1, 0.15) is 5.01 Å². The van der Waals surface area contributed by atoms with Crippen molar-refractivity contribution in [2.24, 2.45) is 4.99 Å². The lowest BCUT2D eigenvalue weighted by Crippen LogP contribution is -2.42. The molecule has 0 radical (unpaired) electrons. The predicted octanol–water partition coefficient (Wildman–Crippen LogP) is 3.87. The summed E-state index contributed by atoms with van der Waals surface area (Å²) < 4.78 is 37.6. The zero-order valence-electron chi connectivity index (χ0n) is 13.6. The molecule has 0 fully saturated rings. The van der Waals surface area contributed by atoms with Gasteiger partial charge in [-0.2, -0.15) is 13.2 Å². The van der Waals surface area contributed by atoms with Gasteiger partial charge in [-0.1, -0.05) is 19.9 Å². The van der Waals surface area contributed by atoms with E-state index >= 15 is 0 Å². The van der Waals surface area contributed by atoms with Crippen molar-refractivity contribution >= 4 is 28.6 Å². The molecule has 0 bridgehead atoms. The number of thiophene rings is 1. The molecule has 0 saturated heterocycles. The second-order valence-electron chi connectivity index (χ2n) is 5.76. The van der Waals surface area contributed by atoms with Crippen molar-refractivity contribution in [3.05, 3.63) is 38.5 Å². The van der Waals surface area contributed by atoms with Crippen molar-refractivity contribution in [2.45, 2.75) is 32.0 Å². The zero-order chi connectivity index (χ0) is 17.8. The predicted molar refractivity (Wildman–Crippen MR) is 92.7 cm³/mol. The van der Waals surface area contributed by atoms with Gasteiger partial charge in [-0.3, -0.25) is 4.99 Å². The van der Waals surface area contributed by atoms with Crippen LogP contribution in [0.2, 0.25) is 0 Å². The zero-order valence-corrected chi connectivity index (χ0v) is 15.2. The topological polar surface area (TPSA) is 49.3 Å². The molecule has 2 N–H and O–H groups in total. The molecular formula is C15H19F3N4S2. The third kappa shape index (κ3) is 4.94. The fourth-order valence-corrected chi connectivity index (χ4v) is 3.55. The molecule has 0 aliphatic heterocycles. The fraction of sp³-hybridized carbons (Fsp3) is 0.467. The third-order valence-corrected chi connectivity index (χ3v) is 5.44. The number of thiazole rings is 1. The molecule has 0 aliphatic rings. The minimum Gasteiger partial charge on any atom is -0.356 e. The lowest BCUT2D eigenvalue weighted by atomic mass is 9.91. The molecule has 0 spiro atoms. The van der Waals surface area contributed by atoms with E-state index in [2.05, 4.69) is 40.5 Å². The summed E-state index contributed by atoms with van der Waals surface area (Å²) in [7, 11) is 1.62. The lowest BCUT2D eigenvalue weighted by Gasteiger charge is -2.24. The van der Waals surface area contributed by atoms with E-state index in [1.165, 1.54) is 4.88 Å². The number of hydrogen-bond donors (Lipinski definition) is 2. The first-order valence-corrected chi connectivity index (χ1v) is 8.98. The normalized spacial score (nSPS) is 13.2. The van der Waals surface area contributed by atoms with Crippen molar-refractivity contribution in [1.29, 1.82) is 0 Å². The highest BCUT2D eigenvalue weighted by Gasteiger charge is 2.33. The second kappa shape index (κ2) is 7.52. The number of alkyl halides is 3. The summed E-state index contributed by atoms with van der Waals surface area (Å²) >= 11 is 2.67. The van der Waals surface area contributed by atoms with Crippen LogP contribution in [0.3, 0.4) is 0 Å². The minimum atomic E-state index is -4.40. The Labute approximate surface area is 146 Å². The van der Waals surface area contributed by atoms with Crippen molar-refractivity contribution in [3.8, 4) is 0 Å². The highest BCUT2D eigenvalue weighted by atomic mass is 32.1. The van der Waals surface area contributed by atoms with Crippen LogP contribution in [-0.4, -0.2) is 24.5 Å². The van der Waals surface area contributed by atoms with Crippen molar-refractivity contribution in [3.63, 3.8) is 0 Å². The number of hydrogen-bond acceptors (Lipinski definition) is 4. The van der Waals surface area contributed by atoms with Crippen LogP contribution in [0.4, 0.5) is 13.2 Å². The number of nitrogens with one attached hydrogen (secondary N) is 2. The van der Waals surface area contributed by atoms with E-state index in [1.807, 2.05) is 11.4 Å². The number of aliphatic imine (C=N–C) groups is 1. The molecule has 0 unspecified atom stereocenters. The Morgan fingerprint density at radius 2 is 2.00 bits per heavy atom. The maximum Gasteiger partial charge on any atom is 0.434 e. The number of rotatable bonds is 5. The molecule has 2 aromatic heterocycles. The molecule has 0 aromatic carbocycles. The summed E-state index contributed by atoms with van der Waals surface area (Å²) in [5.74, 6) is 0.531. The van der Waals surface area contributed by atoms with Crippen LogP contribution >= 0.6 is 22.7 Å². The van der Waals surface area contributed by atoms with Crippen molar-refractivity contribution in [2.75, 3.05) is 13.6 Å². The Bertz CT molecular complexity index is 675. The molecule has 132 valence electrons. The number of halogens is 3. The van der Waals surface area contributed by atoms with Gasteiger partial charge in [0.25, 0.3) is 0 Å². The van der Waals surface area contributed by atoms with Gasteiger partial charge in [0, 0.05) is 29.3 Å². The van der Waals surface area contributed by atoms with Crippen LogP contribution in [0.5, 0.6) is 0 Å². The summed E-state index contributed by atoms with van der Waals surface area (Å²) in [6.07, 6.45) is -4.40. The molecule has 24 heavy (non-hydrogen) atoms. The smallest absolute Gasteiger partial charge is 0.356 e. The Hall–Kier alpha value is -1.61. The standard InChI is InChI=1S/C15H19F3N4S2/c1-14(2,11-5-4-6-23-11)9-21-13(19-3)20-7-12-22-10(8-24-12)15(16,17)18/h4-6,8H,7,9H2,1-3H3,(H2,19,20,21). The average molecular weight is 376 g/mol. The number of nitrogens with zero attached hydrogens (tertiary/aromatic N) is 2. The van der Waals surface area contributed by atoms with Crippen LogP contribution in [0.1, 0.15) is 29.4 Å². The van der Waals surface area contributed by atoms with Gasteiger partial charge in [0.2, 0.25) is 0 Å². The first-order chi connectivity index (χ1) is 11.2. The first kappa shape index (κ1) is 18.7. The second-order valence-corrected chi connectivity index (χ2v) is 7.66. The highest BCUT2D eigenvalue weighted by molar-refractivity contribution is 7.10. The van der Waals surface area contributed by atoms with Crippen LogP contribution < -0.4 is 10.6 Å². The maximum atomic E-state index is 12.5. The van der Waals surface area contributed by atoms with Gasteiger partial charge in [-0.25, -0.2) is 4.98 Å². The Balaban J connectivity index is 1.88. The highest BCUT2D eigenvalue weighted by Crippen LogP contribution is 2.30. The molecule has 0 amide bonds. The van der Waals surface area contributed by atoms with E-state index in [0.29, 0.717) is 17.5 Å². The SMILES string of the molecule is CN=C(NCc1nc(C(F)(F)F)cs1)NCC(C)(C)c1cccs1. The molecular weight excluding hydrogens is 357 g/mol. The minimum absolute atomic E-state index is 0.0730. The van der Waals surface area contributed by atoms with Crippen LogP contribution in [0.25, 0.3) is 0 Å². The first-order valence-electron chi connectivity index (χ1n) is 7.22. The average Bonchev–Trinajstić information content (AvgIpc) is 3.18. The summed E-state index contributed by atoms with van der Waals surface area (Å²) in [5, 5.41) is 9.61. The van der Waals surface area contributed by atoms with Crippen LogP contribution in [-0.2, 0) is 18.1 Å². The quantitative estimate of drug-likeness (QED) is 0.615. The van der Waals surface area contributed by atoms with E-state index in [1.54, 1.807) is 18.4 Å². The van der Waals surface area contributed by atoms with Gasteiger partial charge in [0.05, 0.1) is 6.54 Å². The molecule has 0 aliphatic carbocycles. The molecule has 0 saturated carbocycles. The molecule has 4 nitrogen and oxygen atoms in total. The van der Waals surface area contributed by atoms with E-state index in [0.717, 1.165) is 16.7 Å². The monoisotopic (exact) mass is 376 g/mol. The Morgan fingerprint density at radius 1 is 1.25 bits per heavy atom. The molecule has 2 rings (SSSR count). The summed E-state index contributed by atoms with van der Waals surface area (Å²) in [6, 6.07) is 4.09. The van der Waals surface area contributed by atoms with Gasteiger partial charge in [0.15, 0.2) is 11.7 Å². The maximum absolute atomic E-state index is 12.5. The third-order valence-electron chi connectivity index (χ3n) is 3.36. The molecule has 2 heterocycles. The largest absolute Gasteiger partial charge is 0.434 e. The van der Waals surface area contributed by atoms with E-state index in [4.69, 9.17) is 0 Å². The van der Waals surface area contributed by atoms with Gasteiger partial charge < -0.3 is 10.6 Å². The Morgan fingerprint density at radius 3 is 2.54 bits per heavy atom. The van der Waals surface area contributed by atoms with E-state index in [-0.39, 0.29) is 12.0 Å². The number of guanidine groups is 1. The van der Waals surface area contributed by atoms with Crippen molar-refractivity contribution < 1.29 is 13.2 Å². The summed E-state index contributed by atoms with van der Waals surface area (Å²) in [5.41, 5.74) is -0.928. The Kier molecular flexibility index (Phi) is 5.87. The fourth-order valence-electron chi connectivity index (χ4n) is 1.96. The van der Waals surface area contributed by atoms with Crippen LogP contribution in [0.15, 0.2) is 27.9 Å². The number of aromatic nitrogens is 1. The molecule has 0 atom stereocenters. The molecule has 9 heteroatoms. The van der Waals surface area contributed by atoms with E-state index in [9.17, 15) is 13.2 Å². The van der Waals surface area contributed by atoms with E-state index < -0.39 is 11.9 Å². The summed E-state index contributed by atoms with van der Waals surface area (Å²) in [4.78, 5) is 8.93. The van der Waals surface area contributed by atoms with Gasteiger partial charge >= 0.3 is 6.18 Å². The lowest BCUT2D eigenvalue weighted by molar-refractivity contribution is -0.140. The van der Waals surface area contributed by atoms with Crippen LogP contribution in [0, 0.1) is 0 Å². The molecule has 2 aromatic rings. The van der Waals surface area contributed by atoms with Crippen molar-refractivity contribution in [1.82, 2.24) is 15.6 Å². The van der Waals surface area contributed by atoms with Gasteiger partial charge in [-0.05, 0) is 11.4 Å². The van der Waals surface area contributed by atoms with Gasteiger partial charge in [-0.15, -0.1) is 22.7 Å². The summed E-state index contributed by atoms with van der Waals surface area (Å²) in [6.45, 7) is 5.09.